The topological polar surface area (TPSA) is 74.2 Å². The first-order valence-corrected chi connectivity index (χ1v) is 7.34. The molecular formula is C16H18ClN3O2. The van der Waals surface area contributed by atoms with Crippen molar-refractivity contribution in [3.05, 3.63) is 59.4 Å². The number of nitrogens with one attached hydrogen (secondary N) is 2. The Morgan fingerprint density at radius 3 is 2.73 bits per heavy atom. The van der Waals surface area contributed by atoms with Gasteiger partial charge in [-0.1, -0.05) is 41.9 Å². The van der Waals surface area contributed by atoms with Gasteiger partial charge in [0.05, 0.1) is 6.10 Å². The highest BCUT2D eigenvalue weighted by molar-refractivity contribution is 6.29. The Morgan fingerprint density at radius 1 is 1.32 bits per heavy atom. The molecule has 2 rings (SSSR count). The first-order valence-electron chi connectivity index (χ1n) is 6.96. The van der Waals surface area contributed by atoms with E-state index in [1.165, 1.54) is 6.20 Å². The van der Waals surface area contributed by atoms with E-state index in [9.17, 15) is 9.90 Å². The third-order valence-corrected chi connectivity index (χ3v) is 3.33. The van der Waals surface area contributed by atoms with Crippen LogP contribution in [0.3, 0.4) is 0 Å². The lowest BCUT2D eigenvalue weighted by Gasteiger charge is -2.18. The molecule has 0 bridgehead atoms. The molecule has 2 atom stereocenters. The van der Waals surface area contributed by atoms with Crippen molar-refractivity contribution in [1.29, 1.82) is 0 Å². The molecule has 6 heteroatoms. The van der Waals surface area contributed by atoms with Crippen molar-refractivity contribution in [3.63, 3.8) is 0 Å². The number of halogens is 1. The molecule has 22 heavy (non-hydrogen) atoms. The number of pyridine rings is 1. The van der Waals surface area contributed by atoms with Crippen molar-refractivity contribution >= 4 is 23.3 Å². The molecule has 1 heterocycles. The van der Waals surface area contributed by atoms with Crippen molar-refractivity contribution in [2.24, 2.45) is 0 Å². The van der Waals surface area contributed by atoms with Crippen molar-refractivity contribution in [2.75, 3.05) is 5.32 Å². The molecule has 0 aliphatic carbocycles. The van der Waals surface area contributed by atoms with Crippen molar-refractivity contribution in [1.82, 2.24) is 10.3 Å². The van der Waals surface area contributed by atoms with Crippen LogP contribution in [0.1, 0.15) is 25.0 Å². The Bertz CT molecular complexity index is 622. The van der Waals surface area contributed by atoms with Crippen LogP contribution >= 0.6 is 11.6 Å². The zero-order chi connectivity index (χ0) is 15.9. The molecule has 2 unspecified atom stereocenters. The van der Waals surface area contributed by atoms with Crippen LogP contribution in [0.2, 0.25) is 5.15 Å². The number of nitrogens with zero attached hydrogens (tertiary/aromatic N) is 1. The van der Waals surface area contributed by atoms with Crippen molar-refractivity contribution < 1.29 is 9.90 Å². The lowest BCUT2D eigenvalue weighted by molar-refractivity contribution is 0.155. The fourth-order valence-electron chi connectivity index (χ4n) is 2.08. The summed E-state index contributed by atoms with van der Waals surface area (Å²) in [5, 5.41) is 15.9. The number of carbonyl (C=O) groups excluding carboxylic acids is 1. The summed E-state index contributed by atoms with van der Waals surface area (Å²) in [7, 11) is 0. The van der Waals surface area contributed by atoms with Gasteiger partial charge < -0.3 is 15.7 Å². The molecule has 1 aromatic carbocycles. The summed E-state index contributed by atoms with van der Waals surface area (Å²) in [6.07, 6.45) is 1.32. The third kappa shape index (κ3) is 5.02. The third-order valence-electron chi connectivity index (χ3n) is 3.12. The highest BCUT2D eigenvalue weighted by Crippen LogP contribution is 2.18. The maximum atomic E-state index is 11.9. The fraction of sp³-hybridized carbons (Fsp3) is 0.250. The number of carbonyl (C=O) groups is 1. The molecule has 0 saturated carbocycles. The van der Waals surface area contributed by atoms with E-state index in [1.807, 2.05) is 37.3 Å². The molecular weight excluding hydrogens is 302 g/mol. The minimum atomic E-state index is -0.619. The number of hydrogen-bond acceptors (Lipinski definition) is 3. The maximum Gasteiger partial charge on any atom is 0.319 e. The number of hydrogen-bond donors (Lipinski definition) is 3. The zero-order valence-corrected chi connectivity index (χ0v) is 12.9. The molecule has 0 radical (unpaired) electrons. The van der Waals surface area contributed by atoms with Gasteiger partial charge in [0.15, 0.2) is 0 Å². The summed E-state index contributed by atoms with van der Waals surface area (Å²) in [5.74, 6) is 0. The predicted octanol–water partition coefficient (Wildman–Crippen LogP) is 3.37. The van der Waals surface area contributed by atoms with Crippen molar-refractivity contribution in [2.45, 2.75) is 25.5 Å². The highest BCUT2D eigenvalue weighted by Gasteiger charge is 2.14. The van der Waals surface area contributed by atoms with Gasteiger partial charge in [-0.05, 0) is 31.0 Å². The molecule has 1 aromatic heterocycles. The summed E-state index contributed by atoms with van der Waals surface area (Å²) >= 11 is 5.75. The summed E-state index contributed by atoms with van der Waals surface area (Å²) < 4.78 is 0. The monoisotopic (exact) mass is 319 g/mol. The lowest BCUT2D eigenvalue weighted by atomic mass is 10.0. The molecule has 0 aliphatic rings. The van der Waals surface area contributed by atoms with E-state index >= 15 is 0 Å². The molecule has 3 N–H and O–H groups in total. The molecule has 0 fully saturated rings. The van der Waals surface area contributed by atoms with Crippen LogP contribution in [0.15, 0.2) is 48.7 Å². The maximum absolute atomic E-state index is 11.9. The van der Waals surface area contributed by atoms with E-state index in [-0.39, 0.29) is 12.1 Å². The summed E-state index contributed by atoms with van der Waals surface area (Å²) in [6.45, 7) is 1.84. The van der Waals surface area contributed by atoms with E-state index in [1.54, 1.807) is 12.1 Å². The van der Waals surface area contributed by atoms with Crippen LogP contribution in [0, 0.1) is 0 Å². The number of aliphatic hydroxyl groups is 1. The van der Waals surface area contributed by atoms with Gasteiger partial charge in [0, 0.05) is 17.9 Å². The summed E-state index contributed by atoms with van der Waals surface area (Å²) in [5.41, 5.74) is 1.39. The average Bonchev–Trinajstić information content (AvgIpc) is 2.47. The quantitative estimate of drug-likeness (QED) is 0.740. The van der Waals surface area contributed by atoms with E-state index in [0.717, 1.165) is 5.56 Å². The average molecular weight is 320 g/mol. The number of aromatic nitrogens is 1. The lowest BCUT2D eigenvalue weighted by Crippen LogP contribution is -2.37. The fourth-order valence-corrected chi connectivity index (χ4v) is 2.25. The molecule has 0 saturated heterocycles. The number of anilines is 1. The molecule has 116 valence electrons. The van der Waals surface area contributed by atoms with E-state index < -0.39 is 6.10 Å². The first-order chi connectivity index (χ1) is 10.5. The van der Waals surface area contributed by atoms with Gasteiger partial charge in [-0.25, -0.2) is 9.78 Å². The molecule has 2 amide bonds. The van der Waals surface area contributed by atoms with Gasteiger partial charge >= 0.3 is 6.03 Å². The number of urea groups is 1. The van der Waals surface area contributed by atoms with Crippen LogP contribution < -0.4 is 10.6 Å². The van der Waals surface area contributed by atoms with E-state index in [4.69, 9.17) is 11.6 Å². The Kier molecular flexibility index (Phi) is 5.75. The molecule has 0 aliphatic heterocycles. The molecule has 0 spiro atoms. The number of aliphatic hydroxyl groups excluding tert-OH is 1. The standard InChI is InChI=1S/C16H18ClN3O2/c1-11(9-14(21)12-5-3-2-4-6-12)19-16(22)20-13-7-8-18-15(17)10-13/h2-8,10-11,14,21H,9H2,1H3,(H2,18,19,20,22). The predicted molar refractivity (Wildman–Crippen MR) is 86.9 cm³/mol. The van der Waals surface area contributed by atoms with Gasteiger partial charge in [-0.2, -0.15) is 0 Å². The van der Waals surface area contributed by atoms with Gasteiger partial charge in [-0.15, -0.1) is 0 Å². The van der Waals surface area contributed by atoms with Crippen LogP contribution in [-0.4, -0.2) is 22.2 Å². The minimum Gasteiger partial charge on any atom is -0.388 e. The van der Waals surface area contributed by atoms with Crippen LogP contribution in [0.25, 0.3) is 0 Å². The zero-order valence-electron chi connectivity index (χ0n) is 12.2. The van der Waals surface area contributed by atoms with Crippen LogP contribution in [0.5, 0.6) is 0 Å². The Balaban J connectivity index is 1.83. The van der Waals surface area contributed by atoms with Gasteiger partial charge in [-0.3, -0.25) is 0 Å². The number of benzene rings is 1. The van der Waals surface area contributed by atoms with Crippen molar-refractivity contribution in [3.8, 4) is 0 Å². The van der Waals surface area contributed by atoms with Gasteiger partial charge in [0.2, 0.25) is 0 Å². The molecule has 5 nitrogen and oxygen atoms in total. The normalized spacial score (nSPS) is 13.2. The Hall–Kier alpha value is -2.11. The largest absolute Gasteiger partial charge is 0.388 e. The van der Waals surface area contributed by atoms with Crippen LogP contribution in [0.4, 0.5) is 10.5 Å². The van der Waals surface area contributed by atoms with E-state index in [2.05, 4.69) is 15.6 Å². The second kappa shape index (κ2) is 7.77. The highest BCUT2D eigenvalue weighted by atomic mass is 35.5. The Morgan fingerprint density at radius 2 is 2.05 bits per heavy atom. The smallest absolute Gasteiger partial charge is 0.319 e. The first kappa shape index (κ1) is 16.3. The van der Waals surface area contributed by atoms with E-state index in [0.29, 0.717) is 17.3 Å². The summed E-state index contributed by atoms with van der Waals surface area (Å²) in [6, 6.07) is 12.0. The second-order valence-corrected chi connectivity index (χ2v) is 5.42. The molecule has 2 aromatic rings. The minimum absolute atomic E-state index is 0.187. The second-order valence-electron chi connectivity index (χ2n) is 5.03. The number of rotatable bonds is 5. The Labute approximate surface area is 134 Å². The van der Waals surface area contributed by atoms with Gasteiger partial charge in [0.25, 0.3) is 0 Å². The SMILES string of the molecule is CC(CC(O)c1ccccc1)NC(=O)Nc1ccnc(Cl)c1. The number of amides is 2. The van der Waals surface area contributed by atoms with Crippen LogP contribution in [-0.2, 0) is 0 Å². The summed E-state index contributed by atoms with van der Waals surface area (Å²) in [4.78, 5) is 15.7. The van der Waals surface area contributed by atoms with Gasteiger partial charge in [0.1, 0.15) is 5.15 Å².